The van der Waals surface area contributed by atoms with E-state index in [4.69, 9.17) is 4.74 Å². The van der Waals surface area contributed by atoms with E-state index >= 15 is 0 Å². The van der Waals surface area contributed by atoms with Crippen molar-refractivity contribution in [2.75, 3.05) is 31.7 Å². The van der Waals surface area contributed by atoms with Crippen molar-refractivity contribution in [1.82, 2.24) is 5.32 Å². The molecule has 1 saturated heterocycles. The van der Waals surface area contributed by atoms with Gasteiger partial charge >= 0.3 is 0 Å². The highest BCUT2D eigenvalue weighted by atomic mass is 16.5. The van der Waals surface area contributed by atoms with Gasteiger partial charge in [-0.2, -0.15) is 0 Å². The van der Waals surface area contributed by atoms with Crippen LogP contribution in [0, 0.1) is 0 Å². The molecule has 19 heavy (non-hydrogen) atoms. The van der Waals surface area contributed by atoms with Gasteiger partial charge in [-0.15, -0.1) is 0 Å². The van der Waals surface area contributed by atoms with Crippen molar-refractivity contribution in [3.8, 4) is 0 Å². The zero-order valence-electron chi connectivity index (χ0n) is 12.4. The van der Waals surface area contributed by atoms with Gasteiger partial charge < -0.3 is 15.0 Å². The van der Waals surface area contributed by atoms with Crippen molar-refractivity contribution in [3.05, 3.63) is 29.8 Å². The summed E-state index contributed by atoms with van der Waals surface area (Å²) in [6, 6.07) is 9.96. The predicted octanol–water partition coefficient (Wildman–Crippen LogP) is 2.97. The fraction of sp³-hybridized carbons (Fsp3) is 0.625. The molecule has 0 aromatic heterocycles. The van der Waals surface area contributed by atoms with E-state index in [1.807, 2.05) is 0 Å². The van der Waals surface area contributed by atoms with Crippen molar-refractivity contribution in [2.24, 2.45) is 0 Å². The average Bonchev–Trinajstić information content (AvgIpc) is 2.98. The number of hydrogen-bond acceptors (Lipinski definition) is 3. The highest BCUT2D eigenvalue weighted by Gasteiger charge is 2.20. The van der Waals surface area contributed by atoms with Crippen molar-refractivity contribution >= 4 is 5.69 Å². The third-order valence-electron chi connectivity index (χ3n) is 4.01. The van der Waals surface area contributed by atoms with Crippen LogP contribution >= 0.6 is 0 Å². The van der Waals surface area contributed by atoms with Crippen molar-refractivity contribution in [3.63, 3.8) is 0 Å². The Balaban J connectivity index is 2.04. The summed E-state index contributed by atoms with van der Waals surface area (Å²) >= 11 is 0. The van der Waals surface area contributed by atoms with Gasteiger partial charge in [-0.05, 0) is 37.1 Å². The molecule has 2 rings (SSSR count). The Bertz CT molecular complexity index is 371. The number of likely N-dealkylation sites (N-methyl/N-ethyl adjacent to an activating group) is 1. The van der Waals surface area contributed by atoms with Crippen LogP contribution < -0.4 is 10.2 Å². The first kappa shape index (κ1) is 14.4. The SMILES string of the molecule is CCNC(CC)c1ccc(N(C)C2CCOC2)cc1. The minimum absolute atomic E-state index is 0.471. The Morgan fingerprint density at radius 1 is 1.32 bits per heavy atom. The highest BCUT2D eigenvalue weighted by Crippen LogP contribution is 2.23. The lowest BCUT2D eigenvalue weighted by atomic mass is 10.0. The van der Waals surface area contributed by atoms with Crippen LogP contribution in [0.5, 0.6) is 0 Å². The zero-order valence-corrected chi connectivity index (χ0v) is 12.4. The number of nitrogens with one attached hydrogen (secondary N) is 1. The smallest absolute Gasteiger partial charge is 0.0670 e. The average molecular weight is 262 g/mol. The molecule has 1 aromatic rings. The molecule has 1 aliphatic rings. The van der Waals surface area contributed by atoms with Crippen LogP contribution in [0.1, 0.15) is 38.3 Å². The van der Waals surface area contributed by atoms with Gasteiger partial charge in [0.2, 0.25) is 0 Å². The standard InChI is InChI=1S/C16H26N2O/c1-4-16(17-5-2)13-6-8-14(9-7-13)18(3)15-10-11-19-12-15/h6-9,15-17H,4-5,10-12H2,1-3H3. The first-order valence-electron chi connectivity index (χ1n) is 7.40. The summed E-state index contributed by atoms with van der Waals surface area (Å²) in [5.74, 6) is 0. The monoisotopic (exact) mass is 262 g/mol. The quantitative estimate of drug-likeness (QED) is 0.853. The number of ether oxygens (including phenoxy) is 1. The number of nitrogens with zero attached hydrogens (tertiary/aromatic N) is 1. The molecule has 2 atom stereocenters. The van der Waals surface area contributed by atoms with Gasteiger partial charge in [-0.1, -0.05) is 26.0 Å². The van der Waals surface area contributed by atoms with E-state index in [9.17, 15) is 0 Å². The van der Waals surface area contributed by atoms with Crippen LogP contribution in [0.4, 0.5) is 5.69 Å². The predicted molar refractivity (Wildman–Crippen MR) is 80.8 cm³/mol. The lowest BCUT2D eigenvalue weighted by Gasteiger charge is -2.26. The van der Waals surface area contributed by atoms with Crippen LogP contribution in [-0.2, 0) is 4.74 Å². The van der Waals surface area contributed by atoms with Crippen molar-refractivity contribution < 1.29 is 4.74 Å². The van der Waals surface area contributed by atoms with Crippen LogP contribution in [0.2, 0.25) is 0 Å². The van der Waals surface area contributed by atoms with Gasteiger partial charge in [0.1, 0.15) is 0 Å². The highest BCUT2D eigenvalue weighted by molar-refractivity contribution is 5.48. The summed E-state index contributed by atoms with van der Waals surface area (Å²) < 4.78 is 5.46. The Hall–Kier alpha value is -1.06. The second-order valence-corrected chi connectivity index (χ2v) is 5.24. The molecular weight excluding hydrogens is 236 g/mol. The number of benzene rings is 1. The minimum atomic E-state index is 0.471. The first-order valence-corrected chi connectivity index (χ1v) is 7.40. The molecule has 106 valence electrons. The molecule has 1 aromatic carbocycles. The van der Waals surface area contributed by atoms with Gasteiger partial charge in [0, 0.05) is 25.4 Å². The summed E-state index contributed by atoms with van der Waals surface area (Å²) in [6.45, 7) is 7.15. The van der Waals surface area contributed by atoms with Crippen LogP contribution in [0.15, 0.2) is 24.3 Å². The van der Waals surface area contributed by atoms with E-state index in [0.717, 1.165) is 32.6 Å². The molecule has 0 radical (unpaired) electrons. The maximum atomic E-state index is 5.46. The molecule has 0 spiro atoms. The maximum absolute atomic E-state index is 5.46. The zero-order chi connectivity index (χ0) is 13.7. The van der Waals surface area contributed by atoms with Crippen molar-refractivity contribution in [2.45, 2.75) is 38.8 Å². The van der Waals surface area contributed by atoms with Crippen LogP contribution in [0.25, 0.3) is 0 Å². The van der Waals surface area contributed by atoms with Gasteiger partial charge in [0.25, 0.3) is 0 Å². The van der Waals surface area contributed by atoms with E-state index in [2.05, 4.69) is 55.4 Å². The summed E-state index contributed by atoms with van der Waals surface area (Å²) in [5.41, 5.74) is 2.66. The molecule has 0 aliphatic carbocycles. The van der Waals surface area contributed by atoms with Gasteiger partial charge in [0.05, 0.1) is 12.6 Å². The summed E-state index contributed by atoms with van der Waals surface area (Å²) in [6.07, 6.45) is 2.26. The van der Waals surface area contributed by atoms with Crippen LogP contribution in [-0.4, -0.2) is 32.8 Å². The largest absolute Gasteiger partial charge is 0.379 e. The van der Waals surface area contributed by atoms with Gasteiger partial charge in [-0.25, -0.2) is 0 Å². The lowest BCUT2D eigenvalue weighted by molar-refractivity contribution is 0.193. The molecule has 3 heteroatoms. The molecule has 1 N–H and O–H groups in total. The van der Waals surface area contributed by atoms with Crippen LogP contribution in [0.3, 0.4) is 0 Å². The molecular formula is C16H26N2O. The number of anilines is 1. The molecule has 1 fully saturated rings. The van der Waals surface area contributed by atoms with E-state index in [-0.39, 0.29) is 0 Å². The lowest BCUT2D eigenvalue weighted by Crippen LogP contribution is -2.31. The Kier molecular flexibility index (Phi) is 5.23. The molecule has 3 nitrogen and oxygen atoms in total. The fourth-order valence-corrected chi connectivity index (χ4v) is 2.72. The van der Waals surface area contributed by atoms with E-state index < -0.39 is 0 Å². The summed E-state index contributed by atoms with van der Waals surface area (Å²) in [7, 11) is 2.16. The third-order valence-corrected chi connectivity index (χ3v) is 4.01. The fourth-order valence-electron chi connectivity index (χ4n) is 2.72. The number of hydrogen-bond donors (Lipinski definition) is 1. The first-order chi connectivity index (χ1) is 9.26. The maximum Gasteiger partial charge on any atom is 0.0670 e. The molecule has 0 bridgehead atoms. The Morgan fingerprint density at radius 3 is 2.58 bits per heavy atom. The molecule has 0 saturated carbocycles. The van der Waals surface area contributed by atoms with E-state index in [0.29, 0.717) is 12.1 Å². The van der Waals surface area contributed by atoms with Crippen molar-refractivity contribution in [1.29, 1.82) is 0 Å². The second kappa shape index (κ2) is 6.92. The normalized spacial score (nSPS) is 20.5. The van der Waals surface area contributed by atoms with Gasteiger partial charge in [-0.3, -0.25) is 0 Å². The number of rotatable bonds is 6. The summed E-state index contributed by atoms with van der Waals surface area (Å²) in [4.78, 5) is 2.34. The molecule has 2 unspecified atom stereocenters. The molecule has 1 heterocycles. The van der Waals surface area contributed by atoms with Gasteiger partial charge in [0.15, 0.2) is 0 Å². The van der Waals surface area contributed by atoms with E-state index in [1.54, 1.807) is 0 Å². The third kappa shape index (κ3) is 3.48. The Morgan fingerprint density at radius 2 is 2.05 bits per heavy atom. The second-order valence-electron chi connectivity index (χ2n) is 5.24. The summed E-state index contributed by atoms with van der Waals surface area (Å²) in [5, 5.41) is 3.52. The molecule has 1 aliphatic heterocycles. The Labute approximate surface area is 116 Å². The topological polar surface area (TPSA) is 24.5 Å². The van der Waals surface area contributed by atoms with E-state index in [1.165, 1.54) is 11.3 Å². The minimum Gasteiger partial charge on any atom is -0.379 e. The molecule has 0 amide bonds.